The maximum absolute atomic E-state index is 12.5. The maximum Gasteiger partial charge on any atom is 0.300 e. The van der Waals surface area contributed by atoms with Crippen molar-refractivity contribution in [3.8, 4) is 0 Å². The number of amides is 1. The van der Waals surface area contributed by atoms with Crippen LogP contribution in [-0.2, 0) is 4.79 Å². The van der Waals surface area contributed by atoms with E-state index in [0.717, 1.165) is 24.9 Å². The van der Waals surface area contributed by atoms with E-state index in [1.165, 1.54) is 24.8 Å². The van der Waals surface area contributed by atoms with Gasteiger partial charge in [-0.2, -0.15) is 0 Å². The molecule has 1 aromatic carbocycles. The summed E-state index contributed by atoms with van der Waals surface area (Å²) >= 11 is 0. The topological polar surface area (TPSA) is 37.4 Å². The van der Waals surface area contributed by atoms with E-state index in [0.29, 0.717) is 11.5 Å². The second-order valence-electron chi connectivity index (χ2n) is 6.60. The van der Waals surface area contributed by atoms with Gasteiger partial charge in [-0.3, -0.25) is 14.5 Å². The van der Waals surface area contributed by atoms with Crippen LogP contribution in [0.15, 0.2) is 18.2 Å². The van der Waals surface area contributed by atoms with E-state index in [1.54, 1.807) is 0 Å². The number of Topliss-reactive ketones (excluding diaryl/α,β-unsaturated/α-hetero) is 1. The number of benzene rings is 1. The zero-order valence-corrected chi connectivity index (χ0v) is 11.8. The molecule has 0 aromatic heterocycles. The zero-order chi connectivity index (χ0) is 13.9. The largest absolute Gasteiger partial charge is 0.300 e. The lowest BCUT2D eigenvalue weighted by atomic mass is 9.70. The van der Waals surface area contributed by atoms with Gasteiger partial charge in [-0.1, -0.05) is 38.3 Å². The average molecular weight is 269 g/mol. The lowest BCUT2D eigenvalue weighted by Gasteiger charge is -2.50. The predicted octanol–water partition coefficient (Wildman–Crippen LogP) is 3.43. The molecule has 0 unspecified atom stereocenters. The van der Waals surface area contributed by atoms with Crippen LogP contribution in [0.4, 0.5) is 5.69 Å². The van der Waals surface area contributed by atoms with Crippen LogP contribution >= 0.6 is 0 Å². The van der Waals surface area contributed by atoms with Crippen LogP contribution in [0.5, 0.6) is 0 Å². The van der Waals surface area contributed by atoms with Gasteiger partial charge in [-0.25, -0.2) is 0 Å². The molecule has 0 bridgehead atoms. The first-order chi connectivity index (χ1) is 9.64. The van der Waals surface area contributed by atoms with Crippen LogP contribution in [0.1, 0.15) is 67.3 Å². The van der Waals surface area contributed by atoms with Crippen molar-refractivity contribution in [1.29, 1.82) is 0 Å². The fraction of sp³-hybridized carbons (Fsp3) is 0.529. The van der Waals surface area contributed by atoms with Crippen molar-refractivity contribution in [1.82, 2.24) is 0 Å². The van der Waals surface area contributed by atoms with Crippen LogP contribution in [0.25, 0.3) is 0 Å². The monoisotopic (exact) mass is 269 g/mol. The Balaban J connectivity index is 1.95. The third kappa shape index (κ3) is 1.36. The lowest BCUT2D eigenvalue weighted by Crippen LogP contribution is -2.55. The smallest absolute Gasteiger partial charge is 0.298 e. The van der Waals surface area contributed by atoms with Crippen molar-refractivity contribution in [2.75, 3.05) is 4.90 Å². The molecule has 20 heavy (non-hydrogen) atoms. The molecule has 1 spiro atoms. The Morgan fingerprint density at radius 3 is 2.65 bits per heavy atom. The van der Waals surface area contributed by atoms with Gasteiger partial charge in [0.25, 0.3) is 11.7 Å². The Bertz CT molecular complexity index is 613. The summed E-state index contributed by atoms with van der Waals surface area (Å²) in [6.45, 7) is 2.23. The third-order valence-corrected chi connectivity index (χ3v) is 5.41. The minimum atomic E-state index is -0.305. The molecule has 3 heteroatoms. The number of ketones is 1. The summed E-state index contributed by atoms with van der Waals surface area (Å²) in [5.74, 6) is -0.167. The summed E-state index contributed by atoms with van der Waals surface area (Å²) < 4.78 is 0. The summed E-state index contributed by atoms with van der Waals surface area (Å²) in [7, 11) is 0. The van der Waals surface area contributed by atoms with Gasteiger partial charge in [-0.15, -0.1) is 0 Å². The molecule has 3 aliphatic rings. The number of anilines is 1. The molecule has 0 radical (unpaired) electrons. The number of carbonyl (C=O) groups is 2. The Kier molecular flexibility index (Phi) is 2.39. The van der Waals surface area contributed by atoms with Gasteiger partial charge in [0.2, 0.25) is 0 Å². The SMILES string of the molecule is C[C@@H]1CC2(CCCCC2)N2C(=O)C(=O)c3cccc1c32. The fourth-order valence-corrected chi connectivity index (χ4v) is 4.57. The highest BCUT2D eigenvalue weighted by atomic mass is 16.2. The minimum absolute atomic E-state index is 0.0932. The summed E-state index contributed by atoms with van der Waals surface area (Å²) in [5.41, 5.74) is 2.65. The summed E-state index contributed by atoms with van der Waals surface area (Å²) in [6, 6.07) is 5.81. The highest BCUT2D eigenvalue weighted by Gasteiger charge is 2.53. The first-order valence-electron chi connectivity index (χ1n) is 7.66. The molecule has 0 saturated heterocycles. The molecule has 2 heterocycles. The van der Waals surface area contributed by atoms with Crippen molar-refractivity contribution >= 4 is 17.4 Å². The van der Waals surface area contributed by atoms with Gasteiger partial charge in [0.05, 0.1) is 11.3 Å². The average Bonchev–Trinajstić information content (AvgIpc) is 2.72. The quantitative estimate of drug-likeness (QED) is 0.677. The number of hydrogen-bond acceptors (Lipinski definition) is 2. The number of hydrogen-bond donors (Lipinski definition) is 0. The molecule has 0 N–H and O–H groups in total. The number of fused-ring (bicyclic) bond motifs is 1. The molecule has 4 rings (SSSR count). The summed E-state index contributed by atoms with van der Waals surface area (Å²) in [6.07, 6.45) is 6.68. The fourth-order valence-electron chi connectivity index (χ4n) is 4.57. The van der Waals surface area contributed by atoms with Gasteiger partial charge in [0.15, 0.2) is 0 Å². The van der Waals surface area contributed by atoms with Crippen molar-refractivity contribution in [2.24, 2.45) is 0 Å². The molecule has 1 saturated carbocycles. The molecule has 1 amide bonds. The normalized spacial score (nSPS) is 27.1. The Labute approximate surface area is 119 Å². The van der Waals surface area contributed by atoms with E-state index >= 15 is 0 Å². The first kappa shape index (κ1) is 12.1. The highest BCUT2D eigenvalue weighted by molar-refractivity contribution is 6.52. The van der Waals surface area contributed by atoms with E-state index in [4.69, 9.17) is 0 Å². The third-order valence-electron chi connectivity index (χ3n) is 5.41. The van der Waals surface area contributed by atoms with E-state index in [2.05, 4.69) is 13.0 Å². The van der Waals surface area contributed by atoms with Gasteiger partial charge < -0.3 is 0 Å². The van der Waals surface area contributed by atoms with E-state index < -0.39 is 0 Å². The first-order valence-corrected chi connectivity index (χ1v) is 7.66. The Morgan fingerprint density at radius 1 is 1.15 bits per heavy atom. The van der Waals surface area contributed by atoms with E-state index in [-0.39, 0.29) is 17.2 Å². The molecular formula is C17H19NO2. The number of nitrogens with zero attached hydrogens (tertiary/aromatic N) is 1. The Morgan fingerprint density at radius 2 is 1.90 bits per heavy atom. The lowest BCUT2D eigenvalue weighted by molar-refractivity contribution is -0.115. The summed E-state index contributed by atoms with van der Waals surface area (Å²) in [4.78, 5) is 26.7. The van der Waals surface area contributed by atoms with Crippen LogP contribution in [0.3, 0.4) is 0 Å². The molecule has 1 aromatic rings. The van der Waals surface area contributed by atoms with Crippen LogP contribution in [-0.4, -0.2) is 17.2 Å². The van der Waals surface area contributed by atoms with Crippen molar-refractivity contribution in [3.63, 3.8) is 0 Å². The van der Waals surface area contributed by atoms with Crippen LogP contribution in [0, 0.1) is 0 Å². The molecule has 1 atom stereocenters. The highest BCUT2D eigenvalue weighted by Crippen LogP contribution is 2.53. The molecule has 2 aliphatic heterocycles. The van der Waals surface area contributed by atoms with Gasteiger partial charge in [-0.05, 0) is 36.8 Å². The molecule has 3 nitrogen and oxygen atoms in total. The van der Waals surface area contributed by atoms with Gasteiger partial charge >= 0.3 is 0 Å². The molecule has 1 aliphatic carbocycles. The van der Waals surface area contributed by atoms with Gasteiger partial charge in [0.1, 0.15) is 0 Å². The number of rotatable bonds is 0. The molecule has 1 fully saturated rings. The second kappa shape index (κ2) is 3.94. The zero-order valence-electron chi connectivity index (χ0n) is 11.8. The Hall–Kier alpha value is -1.64. The van der Waals surface area contributed by atoms with E-state index in [9.17, 15) is 9.59 Å². The number of carbonyl (C=O) groups excluding carboxylic acids is 2. The van der Waals surface area contributed by atoms with Crippen LogP contribution in [0.2, 0.25) is 0 Å². The van der Waals surface area contributed by atoms with Gasteiger partial charge in [0, 0.05) is 5.54 Å². The maximum atomic E-state index is 12.5. The molecule has 104 valence electrons. The predicted molar refractivity (Wildman–Crippen MR) is 77.1 cm³/mol. The second-order valence-corrected chi connectivity index (χ2v) is 6.60. The molecular weight excluding hydrogens is 250 g/mol. The standard InChI is InChI=1S/C17H19NO2/c1-11-10-17(8-3-2-4-9-17)18-14-12(11)6-5-7-13(14)15(19)16(18)20/h5-7,11H,2-4,8-10H2,1H3/t11-/m1/s1. The van der Waals surface area contributed by atoms with Crippen LogP contribution < -0.4 is 4.90 Å². The minimum Gasteiger partial charge on any atom is -0.298 e. The van der Waals surface area contributed by atoms with Crippen molar-refractivity contribution < 1.29 is 9.59 Å². The van der Waals surface area contributed by atoms with E-state index in [1.807, 2.05) is 17.0 Å². The number of para-hydroxylation sites is 1. The summed E-state index contributed by atoms with van der Waals surface area (Å²) in [5, 5.41) is 0. The van der Waals surface area contributed by atoms with Crippen molar-refractivity contribution in [2.45, 2.75) is 56.9 Å². The van der Waals surface area contributed by atoms with Crippen molar-refractivity contribution in [3.05, 3.63) is 29.3 Å².